The smallest absolute Gasteiger partial charge is 0.308 e. The van der Waals surface area contributed by atoms with Gasteiger partial charge in [0.2, 0.25) is 11.8 Å². The van der Waals surface area contributed by atoms with Gasteiger partial charge in [-0.25, -0.2) is 0 Å². The molecule has 0 aliphatic carbocycles. The Kier molecular flexibility index (Phi) is 13.9. The lowest BCUT2D eigenvalue weighted by atomic mass is 9.79. The standard InChI is InChI=1S/C58H60N2O14/c1-25-15-37-39(53-43-19-27(3)59(31(7)61)29(5)51(43)47(71-33(9)63)23-49(53)73-35(11)65)21-41(57(67)55(37)45(17-25)69-13)42-22-40(38-16-26(2)18-46(70-14)56(38)58(42)68)54-44-20-28(4)60(32(8)62)30(6)52(44)48(72-34(10)64)24-50(54)74-36(12)66/h15-18,21-24,27-30,67-68H,19-20H2,1-14H3. The molecule has 2 amide bonds. The van der Waals surface area contributed by atoms with Crippen molar-refractivity contribution in [1.29, 1.82) is 0 Å². The van der Waals surface area contributed by atoms with E-state index in [-0.39, 0.29) is 92.6 Å². The number of nitrogens with zero attached hydrogens (tertiary/aromatic N) is 2. The number of aryl methyl sites for hydroxylation is 2. The highest BCUT2D eigenvalue weighted by atomic mass is 16.6. The molecule has 0 radical (unpaired) electrons. The third kappa shape index (κ3) is 8.96. The predicted molar refractivity (Wildman–Crippen MR) is 277 cm³/mol. The van der Waals surface area contributed by atoms with Gasteiger partial charge in [0.15, 0.2) is 0 Å². The Morgan fingerprint density at radius 2 is 0.784 bits per heavy atom. The van der Waals surface area contributed by atoms with Crippen LogP contribution in [0.25, 0.3) is 54.9 Å². The fraction of sp³-hybridized carbons (Fsp3) is 0.345. The summed E-state index contributed by atoms with van der Waals surface area (Å²) in [7, 11) is 2.93. The van der Waals surface area contributed by atoms with Crippen LogP contribution < -0.4 is 28.4 Å². The van der Waals surface area contributed by atoms with E-state index in [1.165, 1.54) is 67.9 Å². The minimum atomic E-state index is -0.680. The van der Waals surface area contributed by atoms with E-state index in [1.807, 2.05) is 53.7 Å². The number of carbonyl (C=O) groups is 6. The van der Waals surface area contributed by atoms with Crippen LogP contribution in [-0.2, 0) is 41.6 Å². The summed E-state index contributed by atoms with van der Waals surface area (Å²) in [5, 5.41) is 27.3. The summed E-state index contributed by atoms with van der Waals surface area (Å²) in [6.07, 6.45) is 0.428. The number of benzene rings is 6. The van der Waals surface area contributed by atoms with E-state index >= 15 is 0 Å². The second kappa shape index (κ2) is 19.7. The molecule has 8 rings (SSSR count). The molecule has 2 aliphatic heterocycles. The predicted octanol–water partition coefficient (Wildman–Crippen LogP) is 10.4. The van der Waals surface area contributed by atoms with Crippen LogP contribution >= 0.6 is 0 Å². The van der Waals surface area contributed by atoms with Crippen molar-refractivity contribution in [3.05, 3.63) is 81.9 Å². The number of phenols is 2. The number of ether oxygens (including phenoxy) is 6. The molecule has 2 N–H and O–H groups in total. The minimum absolute atomic E-state index is 0.0236. The third-order valence-electron chi connectivity index (χ3n) is 14.1. The monoisotopic (exact) mass is 1010 g/mol. The summed E-state index contributed by atoms with van der Waals surface area (Å²) >= 11 is 0. The van der Waals surface area contributed by atoms with Crippen LogP contribution in [0.15, 0.2) is 48.5 Å². The van der Waals surface area contributed by atoms with Gasteiger partial charge in [0, 0.05) is 99.1 Å². The number of carbonyl (C=O) groups excluding carboxylic acids is 6. The van der Waals surface area contributed by atoms with Gasteiger partial charge in [-0.3, -0.25) is 28.8 Å². The maximum atomic E-state index is 13.3. The van der Waals surface area contributed by atoms with Gasteiger partial charge in [0.25, 0.3) is 0 Å². The summed E-state index contributed by atoms with van der Waals surface area (Å²) in [5.41, 5.74) is 5.48. The first-order chi connectivity index (χ1) is 34.9. The number of methoxy groups -OCH3 is 2. The molecule has 0 saturated heterocycles. The second-order valence-corrected chi connectivity index (χ2v) is 19.4. The zero-order valence-electron chi connectivity index (χ0n) is 44.0. The lowest BCUT2D eigenvalue weighted by Gasteiger charge is -2.41. The van der Waals surface area contributed by atoms with E-state index in [0.717, 1.165) is 11.1 Å². The zero-order chi connectivity index (χ0) is 54.1. The van der Waals surface area contributed by atoms with Crippen molar-refractivity contribution in [2.75, 3.05) is 14.2 Å². The van der Waals surface area contributed by atoms with Gasteiger partial charge in [-0.1, -0.05) is 12.1 Å². The SMILES string of the molecule is COc1cc(C)cc2c(-c3c(OC(C)=O)cc(OC(C)=O)c4c3CC(C)N(C(C)=O)C4C)cc(-c3cc(-c4c(OC(C)=O)cc(OC(C)=O)c5c4CC(C)N(C(C)=O)C5C)c4cc(C)cc(OC)c4c3O)c(O)c12. The topological polar surface area (TPSA) is 205 Å². The molecule has 4 atom stereocenters. The fourth-order valence-corrected chi connectivity index (χ4v) is 11.7. The van der Waals surface area contributed by atoms with Crippen LogP contribution in [-0.4, -0.2) is 82.0 Å². The van der Waals surface area contributed by atoms with Crippen molar-refractivity contribution in [3.63, 3.8) is 0 Å². The van der Waals surface area contributed by atoms with Crippen molar-refractivity contribution >= 4 is 57.2 Å². The molecule has 16 nitrogen and oxygen atoms in total. The normalized spacial score (nSPS) is 17.1. The molecule has 2 heterocycles. The molecule has 74 heavy (non-hydrogen) atoms. The van der Waals surface area contributed by atoms with E-state index in [0.29, 0.717) is 55.3 Å². The summed E-state index contributed by atoms with van der Waals surface area (Å²) < 4.78 is 35.8. The van der Waals surface area contributed by atoms with Gasteiger partial charge in [0.1, 0.15) is 46.0 Å². The lowest BCUT2D eigenvalue weighted by Crippen LogP contribution is -2.44. The average molecular weight is 1010 g/mol. The molecule has 0 bridgehead atoms. The molecule has 6 aromatic carbocycles. The Hall–Kier alpha value is -8.14. The van der Waals surface area contributed by atoms with E-state index in [1.54, 1.807) is 34.1 Å². The number of esters is 4. The van der Waals surface area contributed by atoms with Gasteiger partial charge in [0.05, 0.1) is 37.1 Å². The number of phenolic OH excluding ortho intramolecular Hbond substituents is 2. The summed E-state index contributed by atoms with van der Waals surface area (Å²) in [4.78, 5) is 81.8. The van der Waals surface area contributed by atoms with Crippen LogP contribution in [0.3, 0.4) is 0 Å². The number of hydrogen-bond donors (Lipinski definition) is 2. The first kappa shape index (κ1) is 52.2. The van der Waals surface area contributed by atoms with Gasteiger partial charge >= 0.3 is 23.9 Å². The summed E-state index contributed by atoms with van der Waals surface area (Å²) in [5.74, 6) is -2.89. The maximum Gasteiger partial charge on any atom is 0.308 e. The summed E-state index contributed by atoms with van der Waals surface area (Å²) in [6, 6.07) is 11.4. The van der Waals surface area contributed by atoms with Gasteiger partial charge in [-0.15, -0.1) is 0 Å². The molecular weight excluding hydrogens is 949 g/mol. The molecule has 0 saturated carbocycles. The van der Waals surface area contributed by atoms with Crippen LogP contribution in [0, 0.1) is 13.8 Å². The second-order valence-electron chi connectivity index (χ2n) is 19.4. The summed E-state index contributed by atoms with van der Waals surface area (Å²) in [6.45, 7) is 19.1. The van der Waals surface area contributed by atoms with Gasteiger partial charge in [-0.2, -0.15) is 0 Å². The van der Waals surface area contributed by atoms with Crippen molar-refractivity contribution in [3.8, 4) is 79.4 Å². The molecule has 16 heteroatoms. The lowest BCUT2D eigenvalue weighted by molar-refractivity contribution is -0.135. The first-order valence-electron chi connectivity index (χ1n) is 24.3. The van der Waals surface area contributed by atoms with Gasteiger partial charge < -0.3 is 48.4 Å². The van der Waals surface area contributed by atoms with Crippen molar-refractivity contribution in [2.45, 2.75) is 120 Å². The van der Waals surface area contributed by atoms with Crippen LogP contribution in [0.4, 0.5) is 0 Å². The number of hydrogen-bond acceptors (Lipinski definition) is 14. The highest BCUT2D eigenvalue weighted by molar-refractivity contribution is 6.14. The maximum absolute atomic E-state index is 13.3. The van der Waals surface area contributed by atoms with E-state index in [9.17, 15) is 39.0 Å². The molecule has 4 unspecified atom stereocenters. The van der Waals surface area contributed by atoms with E-state index < -0.39 is 48.0 Å². The van der Waals surface area contributed by atoms with Crippen molar-refractivity contribution < 1.29 is 67.4 Å². The first-order valence-corrected chi connectivity index (χ1v) is 24.3. The molecule has 0 spiro atoms. The highest BCUT2D eigenvalue weighted by Crippen LogP contribution is 2.57. The Bertz CT molecular complexity index is 3200. The Labute approximate surface area is 428 Å². The van der Waals surface area contributed by atoms with Crippen LogP contribution in [0.5, 0.6) is 46.0 Å². The Balaban J connectivity index is 1.60. The largest absolute Gasteiger partial charge is 0.507 e. The highest BCUT2D eigenvalue weighted by Gasteiger charge is 2.40. The zero-order valence-corrected chi connectivity index (χ0v) is 44.0. The molecule has 2 aliphatic rings. The quantitative estimate of drug-likeness (QED) is 0.102. The number of fused-ring (bicyclic) bond motifs is 4. The molecule has 386 valence electrons. The van der Waals surface area contributed by atoms with Crippen molar-refractivity contribution in [2.24, 2.45) is 0 Å². The van der Waals surface area contributed by atoms with E-state index in [2.05, 4.69) is 0 Å². The fourth-order valence-electron chi connectivity index (χ4n) is 11.7. The molecular formula is C58H60N2O14. The third-order valence-corrected chi connectivity index (χ3v) is 14.1. The van der Waals surface area contributed by atoms with Crippen molar-refractivity contribution in [1.82, 2.24) is 9.80 Å². The van der Waals surface area contributed by atoms with E-state index in [4.69, 9.17) is 28.4 Å². The molecule has 0 aromatic heterocycles. The molecule has 6 aromatic rings. The average Bonchev–Trinajstić information content (AvgIpc) is 3.28. The minimum Gasteiger partial charge on any atom is -0.507 e. The molecule has 0 fully saturated rings. The Morgan fingerprint density at radius 3 is 1.08 bits per heavy atom. The Morgan fingerprint density at radius 1 is 0.459 bits per heavy atom. The van der Waals surface area contributed by atoms with Gasteiger partial charge in [-0.05, 0) is 123 Å². The van der Waals surface area contributed by atoms with Crippen LogP contribution in [0.1, 0.15) is 115 Å². The number of aromatic hydroxyl groups is 2. The van der Waals surface area contributed by atoms with Crippen LogP contribution in [0.2, 0.25) is 0 Å². The number of amides is 2. The number of rotatable bonds is 9.